The number of benzene rings is 4. The van der Waals surface area contributed by atoms with Crippen molar-refractivity contribution in [1.82, 2.24) is 4.98 Å². The van der Waals surface area contributed by atoms with E-state index in [-0.39, 0.29) is 0 Å². The Morgan fingerprint density at radius 1 is 0.739 bits per heavy atom. The van der Waals surface area contributed by atoms with E-state index in [1.54, 1.807) is 0 Å². The second-order valence-corrected chi connectivity index (χ2v) is 6.65. The smallest absolute Gasteiger partial charge is 0.0775 e. The van der Waals surface area contributed by atoms with Crippen LogP contribution in [-0.4, -0.2) is 4.98 Å². The first-order valence-electron chi connectivity index (χ1n) is 7.78. The SMILES string of the molecule is Cc1ccc(-c2ccc3ccc4c(S)[nH]c5ccc2c3c54)cc1. The third-order valence-corrected chi connectivity index (χ3v) is 5.14. The maximum Gasteiger partial charge on any atom is 0.0775 e. The first-order chi connectivity index (χ1) is 11.2. The number of aromatic nitrogens is 1. The molecule has 1 heterocycles. The van der Waals surface area contributed by atoms with Crippen molar-refractivity contribution in [2.75, 3.05) is 0 Å². The normalized spacial score (nSPS) is 11.9. The molecule has 1 nitrogen and oxygen atoms in total. The predicted octanol–water partition coefficient (Wildman–Crippen LogP) is 6.18. The molecule has 0 spiro atoms. The van der Waals surface area contributed by atoms with Gasteiger partial charge in [-0.25, -0.2) is 0 Å². The molecule has 0 bridgehead atoms. The number of thiol groups is 1. The summed E-state index contributed by atoms with van der Waals surface area (Å²) in [6.45, 7) is 2.12. The lowest BCUT2D eigenvalue weighted by Crippen LogP contribution is -1.85. The van der Waals surface area contributed by atoms with Crippen LogP contribution in [0.15, 0.2) is 65.7 Å². The zero-order chi connectivity index (χ0) is 15.6. The summed E-state index contributed by atoms with van der Waals surface area (Å²) in [5, 5.41) is 7.34. The van der Waals surface area contributed by atoms with Crippen molar-refractivity contribution in [2.24, 2.45) is 0 Å². The largest absolute Gasteiger partial charge is 0.349 e. The van der Waals surface area contributed by atoms with Gasteiger partial charge >= 0.3 is 0 Å². The van der Waals surface area contributed by atoms with Crippen LogP contribution in [0, 0.1) is 6.92 Å². The quantitative estimate of drug-likeness (QED) is 0.344. The van der Waals surface area contributed by atoms with Gasteiger partial charge in [0, 0.05) is 16.3 Å². The van der Waals surface area contributed by atoms with Crippen LogP contribution in [-0.2, 0) is 0 Å². The highest BCUT2D eigenvalue weighted by atomic mass is 32.1. The number of aryl methyl sites for hydroxylation is 1. The van der Waals surface area contributed by atoms with E-state index in [2.05, 4.69) is 85.2 Å². The van der Waals surface area contributed by atoms with Gasteiger partial charge in [-0.3, -0.25) is 0 Å². The molecule has 0 atom stereocenters. The van der Waals surface area contributed by atoms with E-state index < -0.39 is 0 Å². The number of H-pyrrole nitrogens is 1. The molecule has 0 saturated heterocycles. The van der Waals surface area contributed by atoms with E-state index >= 15 is 0 Å². The summed E-state index contributed by atoms with van der Waals surface area (Å²) in [4.78, 5) is 3.38. The van der Waals surface area contributed by atoms with Gasteiger partial charge in [0.1, 0.15) is 0 Å². The lowest BCUT2D eigenvalue weighted by molar-refractivity contribution is 1.28. The third kappa shape index (κ3) is 1.76. The van der Waals surface area contributed by atoms with Gasteiger partial charge < -0.3 is 4.98 Å². The molecule has 0 aliphatic heterocycles. The Bertz CT molecular complexity index is 1170. The fraction of sp³-hybridized carbons (Fsp3) is 0.0476. The van der Waals surface area contributed by atoms with Gasteiger partial charge in [-0.1, -0.05) is 60.2 Å². The van der Waals surface area contributed by atoms with Crippen molar-refractivity contribution in [3.8, 4) is 11.1 Å². The van der Waals surface area contributed by atoms with E-state index in [9.17, 15) is 0 Å². The summed E-state index contributed by atoms with van der Waals surface area (Å²) >= 11 is 4.59. The molecule has 0 unspecified atom stereocenters. The fourth-order valence-corrected chi connectivity index (χ4v) is 3.94. The lowest BCUT2D eigenvalue weighted by atomic mass is 9.92. The van der Waals surface area contributed by atoms with Gasteiger partial charge in [-0.15, -0.1) is 12.6 Å². The van der Waals surface area contributed by atoms with Crippen LogP contribution in [0.4, 0.5) is 0 Å². The van der Waals surface area contributed by atoms with E-state index in [1.165, 1.54) is 43.6 Å². The molecule has 0 radical (unpaired) electrons. The summed E-state index contributed by atoms with van der Waals surface area (Å²) < 4.78 is 0. The number of rotatable bonds is 1. The van der Waals surface area contributed by atoms with Gasteiger partial charge in [-0.05, 0) is 40.3 Å². The van der Waals surface area contributed by atoms with Crippen LogP contribution in [0.5, 0.6) is 0 Å². The van der Waals surface area contributed by atoms with Crippen molar-refractivity contribution >= 4 is 45.1 Å². The summed E-state index contributed by atoms with van der Waals surface area (Å²) in [6.07, 6.45) is 0. The van der Waals surface area contributed by atoms with Crippen LogP contribution in [0.2, 0.25) is 0 Å². The molecule has 4 aromatic carbocycles. The van der Waals surface area contributed by atoms with Crippen LogP contribution >= 0.6 is 12.6 Å². The van der Waals surface area contributed by atoms with Gasteiger partial charge in [-0.2, -0.15) is 0 Å². The maximum atomic E-state index is 4.59. The van der Waals surface area contributed by atoms with Crippen molar-refractivity contribution in [3.63, 3.8) is 0 Å². The predicted molar refractivity (Wildman–Crippen MR) is 102 cm³/mol. The average Bonchev–Trinajstić information content (AvgIpc) is 2.91. The number of hydrogen-bond acceptors (Lipinski definition) is 1. The standard InChI is InChI=1S/C21H15NS/c1-12-2-4-13(5-3-12)15-8-6-14-7-9-17-20-18(22-21(17)23)11-10-16(15)19(14)20/h2-11,22-23H,1H3. The molecule has 110 valence electrons. The highest BCUT2D eigenvalue weighted by molar-refractivity contribution is 7.80. The molecule has 0 aliphatic rings. The van der Waals surface area contributed by atoms with Gasteiger partial charge in [0.05, 0.1) is 5.03 Å². The Balaban J connectivity index is 1.96. The van der Waals surface area contributed by atoms with Gasteiger partial charge in [0.25, 0.3) is 0 Å². The van der Waals surface area contributed by atoms with Gasteiger partial charge in [0.15, 0.2) is 0 Å². The van der Waals surface area contributed by atoms with Crippen molar-refractivity contribution in [1.29, 1.82) is 0 Å². The van der Waals surface area contributed by atoms with Crippen LogP contribution in [0.3, 0.4) is 0 Å². The van der Waals surface area contributed by atoms with Crippen LogP contribution in [0.25, 0.3) is 43.6 Å². The summed E-state index contributed by atoms with van der Waals surface area (Å²) in [5.74, 6) is 0. The first-order valence-corrected chi connectivity index (χ1v) is 8.22. The maximum absolute atomic E-state index is 4.59. The highest BCUT2D eigenvalue weighted by Crippen LogP contribution is 2.40. The van der Waals surface area contributed by atoms with Crippen LogP contribution < -0.4 is 0 Å². The average molecular weight is 313 g/mol. The Labute approximate surface area is 139 Å². The summed E-state index contributed by atoms with van der Waals surface area (Å²) in [5.41, 5.74) is 4.99. The molecule has 5 rings (SSSR count). The topological polar surface area (TPSA) is 15.8 Å². The number of hydrogen-bond donors (Lipinski definition) is 2. The first kappa shape index (κ1) is 13.0. The molecule has 2 heteroatoms. The van der Waals surface area contributed by atoms with E-state index in [0.717, 1.165) is 10.5 Å². The molecular weight excluding hydrogens is 298 g/mol. The van der Waals surface area contributed by atoms with Crippen molar-refractivity contribution in [3.05, 3.63) is 66.2 Å². The summed E-state index contributed by atoms with van der Waals surface area (Å²) in [6, 6.07) is 22.0. The molecule has 23 heavy (non-hydrogen) atoms. The Hall–Kier alpha value is -2.45. The second kappa shape index (κ2) is 4.53. The Morgan fingerprint density at radius 3 is 2.30 bits per heavy atom. The molecule has 5 aromatic rings. The molecule has 0 amide bonds. The van der Waals surface area contributed by atoms with E-state index in [1.807, 2.05) is 0 Å². The third-order valence-electron chi connectivity index (χ3n) is 4.78. The number of nitrogens with one attached hydrogen (secondary N) is 1. The molecular formula is C21H15NS. The van der Waals surface area contributed by atoms with Crippen molar-refractivity contribution in [2.45, 2.75) is 11.9 Å². The minimum Gasteiger partial charge on any atom is -0.349 e. The van der Waals surface area contributed by atoms with Gasteiger partial charge in [0.2, 0.25) is 0 Å². The minimum absolute atomic E-state index is 0.940. The highest BCUT2D eigenvalue weighted by Gasteiger charge is 2.14. The molecule has 1 aromatic heterocycles. The molecule has 0 aliphatic carbocycles. The Morgan fingerprint density at radius 2 is 1.48 bits per heavy atom. The van der Waals surface area contributed by atoms with Crippen molar-refractivity contribution < 1.29 is 0 Å². The molecule has 0 fully saturated rings. The zero-order valence-electron chi connectivity index (χ0n) is 12.7. The van der Waals surface area contributed by atoms with Crippen LogP contribution in [0.1, 0.15) is 5.56 Å². The zero-order valence-corrected chi connectivity index (χ0v) is 13.6. The molecule has 0 saturated carbocycles. The molecule has 1 N–H and O–H groups in total. The van der Waals surface area contributed by atoms with E-state index in [4.69, 9.17) is 0 Å². The second-order valence-electron chi connectivity index (χ2n) is 6.20. The lowest BCUT2D eigenvalue weighted by Gasteiger charge is -2.11. The monoisotopic (exact) mass is 313 g/mol. The van der Waals surface area contributed by atoms with E-state index in [0.29, 0.717) is 0 Å². The fourth-order valence-electron chi connectivity index (χ4n) is 3.63. The Kier molecular flexibility index (Phi) is 2.56. The minimum atomic E-state index is 0.940. The number of aromatic amines is 1. The summed E-state index contributed by atoms with van der Waals surface area (Å²) in [7, 11) is 0.